The van der Waals surface area contributed by atoms with Gasteiger partial charge in [-0.3, -0.25) is 4.68 Å². The minimum absolute atomic E-state index is 0.409. The second kappa shape index (κ2) is 6.34. The van der Waals surface area contributed by atoms with Crippen molar-refractivity contribution in [2.75, 3.05) is 0 Å². The number of aromatic nitrogens is 2. The van der Waals surface area contributed by atoms with Gasteiger partial charge in [0.2, 0.25) is 0 Å². The summed E-state index contributed by atoms with van der Waals surface area (Å²) in [5.74, 6) is 0.845. The van der Waals surface area contributed by atoms with E-state index >= 15 is 0 Å². The fraction of sp³-hybridized carbons (Fsp3) is 0.150. The van der Waals surface area contributed by atoms with Crippen LogP contribution < -0.4 is 5.73 Å². The Labute approximate surface area is 140 Å². The smallest absolute Gasteiger partial charge is 0.134 e. The summed E-state index contributed by atoms with van der Waals surface area (Å²) in [5.41, 5.74) is 10.3. The molecule has 2 heterocycles. The Morgan fingerprint density at radius 2 is 1.83 bits per heavy atom. The third kappa shape index (κ3) is 2.61. The van der Waals surface area contributed by atoms with Crippen LogP contribution in [0.5, 0.6) is 0 Å². The largest absolute Gasteiger partial charge is 0.464 e. The molecule has 2 N–H and O–H groups in total. The van der Waals surface area contributed by atoms with E-state index in [4.69, 9.17) is 15.2 Å². The van der Waals surface area contributed by atoms with E-state index in [0.29, 0.717) is 6.54 Å². The Morgan fingerprint density at radius 3 is 2.58 bits per heavy atom. The van der Waals surface area contributed by atoms with E-state index in [1.54, 1.807) is 6.26 Å². The third-order valence-corrected chi connectivity index (χ3v) is 4.29. The molecule has 0 radical (unpaired) electrons. The minimum Gasteiger partial charge on any atom is -0.464 e. The first-order valence-electron chi connectivity index (χ1n) is 8.13. The highest BCUT2D eigenvalue weighted by molar-refractivity contribution is 5.95. The normalized spacial score (nSPS) is 11.2. The van der Waals surface area contributed by atoms with E-state index in [0.717, 1.165) is 40.9 Å². The topological polar surface area (TPSA) is 57.0 Å². The molecule has 0 bridgehead atoms. The van der Waals surface area contributed by atoms with Crippen molar-refractivity contribution in [2.24, 2.45) is 5.73 Å². The predicted octanol–water partition coefficient (Wildman–Crippen LogP) is 4.00. The maximum absolute atomic E-state index is 5.95. The molecule has 0 spiro atoms. The van der Waals surface area contributed by atoms with Crippen LogP contribution in [0, 0.1) is 0 Å². The van der Waals surface area contributed by atoms with Gasteiger partial charge in [-0.1, -0.05) is 42.5 Å². The molecule has 4 heteroatoms. The Balaban J connectivity index is 1.76. The van der Waals surface area contributed by atoms with E-state index in [1.807, 2.05) is 24.3 Å². The highest BCUT2D eigenvalue weighted by atomic mass is 16.3. The number of nitrogens with two attached hydrogens (primary N) is 1. The predicted molar refractivity (Wildman–Crippen MR) is 95.5 cm³/mol. The van der Waals surface area contributed by atoms with Gasteiger partial charge in [-0.05, 0) is 30.2 Å². The van der Waals surface area contributed by atoms with E-state index in [-0.39, 0.29) is 0 Å². The molecule has 0 amide bonds. The zero-order valence-corrected chi connectivity index (χ0v) is 13.4. The number of rotatable bonds is 5. The number of hydrogen-bond donors (Lipinski definition) is 1. The van der Waals surface area contributed by atoms with E-state index in [2.05, 4.69) is 41.1 Å². The zero-order chi connectivity index (χ0) is 16.4. The molecule has 0 aliphatic heterocycles. The number of fused-ring (bicyclic) bond motifs is 1. The molecule has 0 aliphatic rings. The summed E-state index contributed by atoms with van der Waals surface area (Å²) < 4.78 is 7.64. The van der Waals surface area contributed by atoms with Crippen molar-refractivity contribution in [3.63, 3.8) is 0 Å². The van der Waals surface area contributed by atoms with Crippen molar-refractivity contribution in [1.29, 1.82) is 0 Å². The van der Waals surface area contributed by atoms with Crippen molar-refractivity contribution >= 4 is 10.9 Å². The molecular formula is C20H19N3O. The summed E-state index contributed by atoms with van der Waals surface area (Å²) in [4.78, 5) is 0. The van der Waals surface area contributed by atoms with Gasteiger partial charge in [-0.15, -0.1) is 0 Å². The van der Waals surface area contributed by atoms with Gasteiger partial charge in [0.1, 0.15) is 5.76 Å². The molecule has 0 saturated heterocycles. The lowest BCUT2D eigenvalue weighted by Crippen LogP contribution is -2.05. The summed E-state index contributed by atoms with van der Waals surface area (Å²) in [6, 6.07) is 20.5. The second-order valence-corrected chi connectivity index (χ2v) is 5.79. The van der Waals surface area contributed by atoms with E-state index in [9.17, 15) is 0 Å². The van der Waals surface area contributed by atoms with Crippen LogP contribution in [0.15, 0.2) is 71.3 Å². The molecule has 24 heavy (non-hydrogen) atoms. The number of aryl methyl sites for hydroxylation is 2. The molecule has 0 fully saturated rings. The van der Waals surface area contributed by atoms with Gasteiger partial charge in [0.15, 0.2) is 0 Å². The molecule has 0 aliphatic carbocycles. The second-order valence-electron chi connectivity index (χ2n) is 5.79. The lowest BCUT2D eigenvalue weighted by Gasteiger charge is -2.05. The zero-order valence-electron chi connectivity index (χ0n) is 13.4. The molecule has 120 valence electrons. The molecule has 2 aromatic heterocycles. The van der Waals surface area contributed by atoms with Crippen molar-refractivity contribution in [3.05, 3.63) is 78.2 Å². The highest BCUT2D eigenvalue weighted by Crippen LogP contribution is 2.31. The first-order chi connectivity index (χ1) is 11.9. The van der Waals surface area contributed by atoms with Crippen LogP contribution in [0.4, 0.5) is 0 Å². The monoisotopic (exact) mass is 317 g/mol. The fourth-order valence-electron chi connectivity index (χ4n) is 3.14. The Kier molecular flexibility index (Phi) is 3.89. The SMILES string of the molecule is NCc1nn(CCc2ccccc2)c2cccc(-c3ccco3)c12. The van der Waals surface area contributed by atoms with Crippen LogP contribution in [0.3, 0.4) is 0 Å². The average Bonchev–Trinajstić information content (AvgIpc) is 3.28. The molecule has 0 unspecified atom stereocenters. The molecule has 4 aromatic rings. The molecule has 2 aromatic carbocycles. The van der Waals surface area contributed by atoms with Crippen molar-refractivity contribution in [2.45, 2.75) is 19.5 Å². The summed E-state index contributed by atoms with van der Waals surface area (Å²) in [5, 5.41) is 5.83. The van der Waals surface area contributed by atoms with Gasteiger partial charge in [0, 0.05) is 24.0 Å². The first-order valence-corrected chi connectivity index (χ1v) is 8.13. The van der Waals surface area contributed by atoms with Crippen molar-refractivity contribution in [1.82, 2.24) is 9.78 Å². The molecule has 0 atom stereocenters. The van der Waals surface area contributed by atoms with Crippen molar-refractivity contribution < 1.29 is 4.42 Å². The Hall–Kier alpha value is -2.85. The highest BCUT2D eigenvalue weighted by Gasteiger charge is 2.15. The van der Waals surface area contributed by atoms with Crippen LogP contribution >= 0.6 is 0 Å². The lowest BCUT2D eigenvalue weighted by molar-refractivity contribution is 0.583. The van der Waals surface area contributed by atoms with Crippen LogP contribution in [0.25, 0.3) is 22.2 Å². The quantitative estimate of drug-likeness (QED) is 0.605. The van der Waals surface area contributed by atoms with Gasteiger partial charge in [-0.2, -0.15) is 5.10 Å². The minimum atomic E-state index is 0.409. The molecule has 4 rings (SSSR count). The maximum Gasteiger partial charge on any atom is 0.134 e. The average molecular weight is 317 g/mol. The van der Waals surface area contributed by atoms with E-state index in [1.165, 1.54) is 5.56 Å². The van der Waals surface area contributed by atoms with Crippen molar-refractivity contribution in [3.8, 4) is 11.3 Å². The standard InChI is InChI=1S/C20H19N3O/c21-14-17-20-16(19-10-5-13-24-19)8-4-9-18(20)23(22-17)12-11-15-6-2-1-3-7-15/h1-10,13H,11-12,14,21H2. The first kappa shape index (κ1) is 14.7. The summed E-state index contributed by atoms with van der Waals surface area (Å²) in [7, 11) is 0. The lowest BCUT2D eigenvalue weighted by atomic mass is 10.1. The van der Waals surface area contributed by atoms with Crippen LogP contribution in [-0.2, 0) is 19.5 Å². The van der Waals surface area contributed by atoms with Gasteiger partial charge in [0.05, 0.1) is 17.5 Å². The molecule has 4 nitrogen and oxygen atoms in total. The maximum atomic E-state index is 5.95. The third-order valence-electron chi connectivity index (χ3n) is 4.29. The van der Waals surface area contributed by atoms with E-state index < -0.39 is 0 Å². The summed E-state index contributed by atoms with van der Waals surface area (Å²) >= 11 is 0. The van der Waals surface area contributed by atoms with Gasteiger partial charge >= 0.3 is 0 Å². The Bertz CT molecular complexity index is 940. The number of nitrogens with zero attached hydrogens (tertiary/aromatic N) is 2. The van der Waals surface area contributed by atoms with Gasteiger partial charge < -0.3 is 10.2 Å². The fourth-order valence-corrected chi connectivity index (χ4v) is 3.14. The summed E-state index contributed by atoms with van der Waals surface area (Å²) in [6.45, 7) is 1.23. The van der Waals surface area contributed by atoms with Crippen LogP contribution in [0.1, 0.15) is 11.3 Å². The van der Waals surface area contributed by atoms with Gasteiger partial charge in [-0.25, -0.2) is 0 Å². The van der Waals surface area contributed by atoms with Crippen LogP contribution in [-0.4, -0.2) is 9.78 Å². The number of furan rings is 1. The number of benzene rings is 2. The Morgan fingerprint density at radius 1 is 0.958 bits per heavy atom. The van der Waals surface area contributed by atoms with Crippen LogP contribution in [0.2, 0.25) is 0 Å². The molecular weight excluding hydrogens is 298 g/mol. The summed E-state index contributed by atoms with van der Waals surface area (Å²) in [6.07, 6.45) is 2.63. The van der Waals surface area contributed by atoms with Gasteiger partial charge in [0.25, 0.3) is 0 Å². The number of hydrogen-bond acceptors (Lipinski definition) is 3. The molecule has 0 saturated carbocycles.